The van der Waals surface area contributed by atoms with Crippen LogP contribution in [0.4, 0.5) is 23.7 Å². The molecule has 0 atom stereocenters. The third-order valence-corrected chi connectivity index (χ3v) is 1.18. The van der Waals surface area contributed by atoms with Gasteiger partial charge in [0.05, 0.1) is 5.69 Å². The van der Waals surface area contributed by atoms with Crippen LogP contribution in [0.25, 0.3) is 0 Å². The maximum absolute atomic E-state index is 12.6. The fourth-order valence-electron chi connectivity index (χ4n) is 0.706. The van der Waals surface area contributed by atoms with E-state index in [0.29, 0.717) is 0 Å². The Morgan fingerprint density at radius 3 is 2.58 bits per heavy atom. The smallest absolute Gasteiger partial charge is 0.295 e. The van der Waals surface area contributed by atoms with Gasteiger partial charge in [0, 0.05) is 0 Å². The van der Waals surface area contributed by atoms with E-state index < -0.39 is 23.5 Å². The van der Waals surface area contributed by atoms with E-state index in [1.165, 1.54) is 5.32 Å². The van der Waals surface area contributed by atoms with Gasteiger partial charge in [-0.1, -0.05) is 6.07 Å². The topological polar surface area (TPSA) is 29.1 Å². The highest BCUT2D eigenvalue weighted by atomic mass is 19.2. The molecule has 0 spiro atoms. The third-order valence-electron chi connectivity index (χ3n) is 1.18. The molecule has 0 unspecified atom stereocenters. The number of halogens is 3. The molecular weight excluding hydrogens is 171 g/mol. The summed E-state index contributed by atoms with van der Waals surface area (Å²) in [6, 6.07) is 3.07. The van der Waals surface area contributed by atoms with E-state index in [9.17, 15) is 18.0 Å². The highest BCUT2D eigenvalue weighted by Gasteiger charge is 2.08. The Balaban J connectivity index is 3.00. The minimum absolute atomic E-state index is 0.512. The fourth-order valence-corrected chi connectivity index (χ4v) is 0.706. The van der Waals surface area contributed by atoms with E-state index in [0.717, 1.165) is 18.2 Å². The number of hydrogen-bond acceptors (Lipinski definition) is 1. The summed E-state index contributed by atoms with van der Waals surface area (Å²) in [4.78, 5) is 9.81. The molecule has 0 saturated carbocycles. The lowest BCUT2D eigenvalue weighted by atomic mass is 10.3. The molecule has 64 valence electrons. The molecule has 5 heteroatoms. The molecule has 1 aromatic carbocycles. The maximum atomic E-state index is 12.6. The van der Waals surface area contributed by atoms with Gasteiger partial charge in [-0.05, 0) is 12.1 Å². The molecule has 0 saturated heterocycles. The normalized spacial score (nSPS) is 9.58. The van der Waals surface area contributed by atoms with E-state index in [2.05, 4.69) is 0 Å². The first kappa shape index (κ1) is 8.58. The van der Waals surface area contributed by atoms with Crippen LogP contribution < -0.4 is 5.32 Å². The summed E-state index contributed by atoms with van der Waals surface area (Å²) in [5.41, 5.74) is -0.512. The number of hydrogen-bond donors (Lipinski definition) is 1. The SMILES string of the molecule is O=C(F)Nc1cccc(F)c1F. The lowest BCUT2D eigenvalue weighted by Crippen LogP contribution is -2.04. The predicted molar refractivity (Wildman–Crippen MR) is 36.5 cm³/mol. The zero-order valence-electron chi connectivity index (χ0n) is 5.77. The Morgan fingerprint density at radius 2 is 2.00 bits per heavy atom. The lowest BCUT2D eigenvalue weighted by Gasteiger charge is -2.00. The van der Waals surface area contributed by atoms with Crippen LogP contribution in [0.1, 0.15) is 0 Å². The summed E-state index contributed by atoms with van der Waals surface area (Å²) in [6.07, 6.45) is -1.93. The first-order chi connectivity index (χ1) is 5.61. The van der Waals surface area contributed by atoms with Crippen molar-refractivity contribution in [2.75, 3.05) is 5.32 Å². The Bertz CT molecular complexity index is 314. The molecular formula is C7H4F3NO. The van der Waals surface area contributed by atoms with Gasteiger partial charge < -0.3 is 0 Å². The molecule has 1 N–H and O–H groups in total. The van der Waals surface area contributed by atoms with Crippen LogP contribution in [0.3, 0.4) is 0 Å². The average Bonchev–Trinajstić information content (AvgIpc) is 1.98. The quantitative estimate of drug-likeness (QED) is 0.515. The molecule has 0 aliphatic rings. The Morgan fingerprint density at radius 1 is 1.33 bits per heavy atom. The summed E-state index contributed by atoms with van der Waals surface area (Å²) in [5.74, 6) is -2.41. The summed E-state index contributed by atoms with van der Waals surface area (Å²) in [7, 11) is 0. The molecule has 0 radical (unpaired) electrons. The van der Waals surface area contributed by atoms with Gasteiger partial charge >= 0.3 is 6.16 Å². The van der Waals surface area contributed by atoms with Crippen molar-refractivity contribution in [1.82, 2.24) is 0 Å². The maximum Gasteiger partial charge on any atom is 0.401 e. The van der Waals surface area contributed by atoms with Crippen molar-refractivity contribution in [2.45, 2.75) is 0 Å². The fraction of sp³-hybridized carbons (Fsp3) is 0. The van der Waals surface area contributed by atoms with Gasteiger partial charge in [0.2, 0.25) is 0 Å². The molecule has 2 nitrogen and oxygen atoms in total. The number of amides is 1. The number of rotatable bonds is 1. The predicted octanol–water partition coefficient (Wildman–Crippen LogP) is 2.47. The number of nitrogens with one attached hydrogen (secondary N) is 1. The molecule has 0 heterocycles. The second kappa shape index (κ2) is 3.25. The summed E-state index contributed by atoms with van der Waals surface area (Å²) < 4.78 is 36.6. The second-order valence-electron chi connectivity index (χ2n) is 2.00. The van der Waals surface area contributed by atoms with Crippen LogP contribution in [-0.4, -0.2) is 6.16 Å². The van der Waals surface area contributed by atoms with Crippen LogP contribution in [-0.2, 0) is 0 Å². The van der Waals surface area contributed by atoms with Gasteiger partial charge in [0.15, 0.2) is 11.6 Å². The monoisotopic (exact) mass is 175 g/mol. The molecule has 0 aliphatic heterocycles. The molecule has 1 amide bonds. The van der Waals surface area contributed by atoms with Crippen molar-refractivity contribution < 1.29 is 18.0 Å². The first-order valence-corrected chi connectivity index (χ1v) is 3.02. The van der Waals surface area contributed by atoms with Gasteiger partial charge in [0.25, 0.3) is 0 Å². The molecule has 0 aliphatic carbocycles. The van der Waals surface area contributed by atoms with Crippen molar-refractivity contribution in [3.8, 4) is 0 Å². The molecule has 0 aromatic heterocycles. The zero-order chi connectivity index (χ0) is 9.14. The number of benzene rings is 1. The van der Waals surface area contributed by atoms with Crippen LogP contribution >= 0.6 is 0 Å². The van der Waals surface area contributed by atoms with Crippen LogP contribution in [0.15, 0.2) is 18.2 Å². The largest absolute Gasteiger partial charge is 0.401 e. The van der Waals surface area contributed by atoms with Gasteiger partial charge in [0.1, 0.15) is 0 Å². The molecule has 12 heavy (non-hydrogen) atoms. The Labute approximate surface area is 66.0 Å². The highest BCUT2D eigenvalue weighted by Crippen LogP contribution is 2.16. The minimum Gasteiger partial charge on any atom is -0.295 e. The molecule has 0 bridgehead atoms. The van der Waals surface area contributed by atoms with E-state index in [-0.39, 0.29) is 0 Å². The first-order valence-electron chi connectivity index (χ1n) is 3.02. The van der Waals surface area contributed by atoms with Crippen molar-refractivity contribution in [1.29, 1.82) is 0 Å². The van der Waals surface area contributed by atoms with Crippen molar-refractivity contribution in [3.05, 3.63) is 29.8 Å². The summed E-state index contributed by atoms with van der Waals surface area (Å²) in [6.45, 7) is 0. The van der Waals surface area contributed by atoms with Gasteiger partial charge in [-0.25, -0.2) is 13.6 Å². The van der Waals surface area contributed by atoms with Crippen molar-refractivity contribution in [3.63, 3.8) is 0 Å². The van der Waals surface area contributed by atoms with Crippen LogP contribution in [0.5, 0.6) is 0 Å². The van der Waals surface area contributed by atoms with Gasteiger partial charge in [-0.2, -0.15) is 0 Å². The van der Waals surface area contributed by atoms with Crippen molar-refractivity contribution >= 4 is 11.8 Å². The van der Waals surface area contributed by atoms with Gasteiger partial charge in [-0.3, -0.25) is 5.32 Å². The minimum atomic E-state index is -1.93. The van der Waals surface area contributed by atoms with E-state index in [1.54, 1.807) is 0 Å². The zero-order valence-corrected chi connectivity index (χ0v) is 5.77. The number of carbonyl (C=O) groups is 1. The van der Waals surface area contributed by atoms with Crippen LogP contribution in [0, 0.1) is 11.6 Å². The summed E-state index contributed by atoms with van der Waals surface area (Å²) in [5, 5.41) is 1.49. The average molecular weight is 175 g/mol. The Kier molecular flexibility index (Phi) is 2.32. The molecule has 1 aromatic rings. The van der Waals surface area contributed by atoms with Crippen LogP contribution in [0.2, 0.25) is 0 Å². The second-order valence-corrected chi connectivity index (χ2v) is 2.00. The van der Waals surface area contributed by atoms with E-state index >= 15 is 0 Å². The number of anilines is 1. The lowest BCUT2D eigenvalue weighted by molar-refractivity contribution is 0.234. The van der Waals surface area contributed by atoms with E-state index in [1.807, 2.05) is 0 Å². The summed E-state index contributed by atoms with van der Waals surface area (Å²) >= 11 is 0. The molecule has 1 rings (SSSR count). The number of carbonyl (C=O) groups excluding carboxylic acids is 1. The standard InChI is InChI=1S/C7H4F3NO/c8-4-2-1-3-5(6(4)9)11-7(10)12/h1-3H,(H,11,12). The highest BCUT2D eigenvalue weighted by molar-refractivity contribution is 5.83. The molecule has 0 fully saturated rings. The van der Waals surface area contributed by atoms with E-state index in [4.69, 9.17) is 0 Å². The van der Waals surface area contributed by atoms with Crippen molar-refractivity contribution in [2.24, 2.45) is 0 Å². The Hall–Kier alpha value is -1.52. The third kappa shape index (κ3) is 1.75. The van der Waals surface area contributed by atoms with Gasteiger partial charge in [-0.15, -0.1) is 4.39 Å².